The van der Waals surface area contributed by atoms with Gasteiger partial charge in [0, 0.05) is 41.9 Å². The van der Waals surface area contributed by atoms with E-state index in [4.69, 9.17) is 5.73 Å². The van der Waals surface area contributed by atoms with Crippen molar-refractivity contribution in [1.82, 2.24) is 10.2 Å². The van der Waals surface area contributed by atoms with Crippen LogP contribution in [0.5, 0.6) is 0 Å². The first kappa shape index (κ1) is 16.5. The number of likely N-dealkylation sites (tertiary alicyclic amines) is 1. The van der Waals surface area contributed by atoms with Gasteiger partial charge in [-0.1, -0.05) is 6.42 Å². The molecule has 4 nitrogen and oxygen atoms in total. The standard InChI is InChI=1S/C16H27N3OS/c1-12-9-14(13(2)21-12)11-19-8-4-3-5-15(19)10-18-16(20)6-7-17/h9,15H,3-8,10-11,17H2,1-2H3,(H,18,20). The van der Waals surface area contributed by atoms with Gasteiger partial charge in [-0.3, -0.25) is 9.69 Å². The summed E-state index contributed by atoms with van der Waals surface area (Å²) < 4.78 is 0. The third-order valence-corrected chi connectivity index (χ3v) is 5.18. The number of carbonyl (C=O) groups excluding carboxylic acids is 1. The number of carbonyl (C=O) groups is 1. The van der Waals surface area contributed by atoms with Gasteiger partial charge in [0.15, 0.2) is 0 Å². The zero-order valence-corrected chi connectivity index (χ0v) is 14.0. The third-order valence-electron chi connectivity index (χ3n) is 4.17. The van der Waals surface area contributed by atoms with Gasteiger partial charge >= 0.3 is 0 Å². The van der Waals surface area contributed by atoms with Crippen molar-refractivity contribution in [2.24, 2.45) is 5.73 Å². The van der Waals surface area contributed by atoms with Gasteiger partial charge in [-0.15, -0.1) is 11.3 Å². The molecule has 0 aromatic carbocycles. The van der Waals surface area contributed by atoms with Crippen LogP contribution in [0.4, 0.5) is 0 Å². The number of hydrogen-bond donors (Lipinski definition) is 2. The van der Waals surface area contributed by atoms with Gasteiger partial charge in [-0.25, -0.2) is 0 Å². The molecular formula is C16H27N3OS. The van der Waals surface area contributed by atoms with Crippen LogP contribution in [-0.4, -0.2) is 36.5 Å². The molecule has 0 saturated carbocycles. The Labute approximate surface area is 131 Å². The van der Waals surface area contributed by atoms with Gasteiger partial charge in [0.2, 0.25) is 5.91 Å². The summed E-state index contributed by atoms with van der Waals surface area (Å²) >= 11 is 1.87. The maximum Gasteiger partial charge on any atom is 0.221 e. The first-order valence-corrected chi connectivity index (χ1v) is 8.68. The number of amides is 1. The lowest BCUT2D eigenvalue weighted by Gasteiger charge is -2.35. The van der Waals surface area contributed by atoms with Crippen LogP contribution < -0.4 is 11.1 Å². The first-order chi connectivity index (χ1) is 10.1. The Morgan fingerprint density at radius 2 is 2.29 bits per heavy atom. The van der Waals surface area contributed by atoms with Crippen LogP contribution in [0, 0.1) is 13.8 Å². The van der Waals surface area contributed by atoms with Crippen molar-refractivity contribution >= 4 is 17.2 Å². The topological polar surface area (TPSA) is 58.4 Å². The highest BCUT2D eigenvalue weighted by Gasteiger charge is 2.23. The zero-order chi connectivity index (χ0) is 15.2. The van der Waals surface area contributed by atoms with Gasteiger partial charge in [-0.05, 0) is 44.9 Å². The highest BCUT2D eigenvalue weighted by Crippen LogP contribution is 2.25. The van der Waals surface area contributed by atoms with Crippen LogP contribution >= 0.6 is 11.3 Å². The lowest BCUT2D eigenvalue weighted by atomic mass is 10.0. The van der Waals surface area contributed by atoms with Crippen LogP contribution in [0.2, 0.25) is 0 Å². The van der Waals surface area contributed by atoms with Crippen molar-refractivity contribution in [3.63, 3.8) is 0 Å². The molecule has 2 rings (SSSR count). The maximum atomic E-state index is 11.6. The summed E-state index contributed by atoms with van der Waals surface area (Å²) in [6, 6.07) is 2.76. The summed E-state index contributed by atoms with van der Waals surface area (Å²) in [6.07, 6.45) is 4.12. The normalized spacial score (nSPS) is 19.7. The van der Waals surface area contributed by atoms with Crippen molar-refractivity contribution in [3.05, 3.63) is 21.4 Å². The smallest absolute Gasteiger partial charge is 0.221 e. The number of thiophene rings is 1. The molecule has 21 heavy (non-hydrogen) atoms. The third kappa shape index (κ3) is 4.80. The molecule has 1 unspecified atom stereocenters. The van der Waals surface area contributed by atoms with Crippen LogP contribution in [0.1, 0.15) is 41.0 Å². The second-order valence-electron chi connectivity index (χ2n) is 5.90. The Morgan fingerprint density at radius 1 is 1.48 bits per heavy atom. The van der Waals surface area contributed by atoms with Crippen molar-refractivity contribution in [3.8, 4) is 0 Å². The minimum atomic E-state index is 0.0746. The Kier molecular flexibility index (Phi) is 6.21. The number of hydrogen-bond acceptors (Lipinski definition) is 4. The van der Waals surface area contributed by atoms with Crippen LogP contribution in [0.15, 0.2) is 6.07 Å². The SMILES string of the molecule is Cc1cc(CN2CCCCC2CNC(=O)CCN)c(C)s1. The van der Waals surface area contributed by atoms with Gasteiger partial charge in [-0.2, -0.15) is 0 Å². The van der Waals surface area contributed by atoms with E-state index in [2.05, 4.69) is 30.1 Å². The average Bonchev–Trinajstić information content (AvgIpc) is 2.76. The monoisotopic (exact) mass is 309 g/mol. The molecule has 1 aromatic rings. The van der Waals surface area contributed by atoms with E-state index in [9.17, 15) is 4.79 Å². The lowest BCUT2D eigenvalue weighted by Crippen LogP contribution is -2.46. The second-order valence-corrected chi connectivity index (χ2v) is 7.36. The average molecular weight is 309 g/mol. The minimum Gasteiger partial charge on any atom is -0.354 e. The number of rotatable bonds is 6. The summed E-state index contributed by atoms with van der Waals surface area (Å²) in [5.74, 6) is 0.0746. The van der Waals surface area contributed by atoms with E-state index < -0.39 is 0 Å². The highest BCUT2D eigenvalue weighted by atomic mass is 32.1. The van der Waals surface area contributed by atoms with Gasteiger partial charge in [0.1, 0.15) is 0 Å². The summed E-state index contributed by atoms with van der Waals surface area (Å²) in [7, 11) is 0. The second kappa shape index (κ2) is 7.92. The number of nitrogens with zero attached hydrogens (tertiary/aromatic N) is 1. The molecule has 3 N–H and O–H groups in total. The summed E-state index contributed by atoms with van der Waals surface area (Å²) in [6.45, 7) is 7.69. The van der Waals surface area contributed by atoms with Crippen molar-refractivity contribution < 1.29 is 4.79 Å². The Balaban J connectivity index is 1.92. The summed E-state index contributed by atoms with van der Waals surface area (Å²) in [5, 5.41) is 3.03. The van der Waals surface area contributed by atoms with Crippen molar-refractivity contribution in [2.45, 2.75) is 52.1 Å². The van der Waals surface area contributed by atoms with Crippen LogP contribution in [0.3, 0.4) is 0 Å². The molecule has 2 heterocycles. The molecule has 1 saturated heterocycles. The van der Waals surface area contributed by atoms with Crippen LogP contribution in [-0.2, 0) is 11.3 Å². The van der Waals surface area contributed by atoms with E-state index in [-0.39, 0.29) is 5.91 Å². The molecule has 1 fully saturated rings. The largest absolute Gasteiger partial charge is 0.354 e. The van der Waals surface area contributed by atoms with Crippen molar-refractivity contribution in [1.29, 1.82) is 0 Å². The van der Waals surface area contributed by atoms with E-state index in [0.29, 0.717) is 19.0 Å². The molecule has 0 bridgehead atoms. The molecule has 1 aromatic heterocycles. The van der Waals surface area contributed by atoms with Crippen LogP contribution in [0.25, 0.3) is 0 Å². The molecule has 1 aliphatic heterocycles. The Hall–Kier alpha value is -0.910. The number of nitrogens with one attached hydrogen (secondary N) is 1. The molecule has 1 amide bonds. The van der Waals surface area contributed by atoms with E-state index >= 15 is 0 Å². The number of aryl methyl sites for hydroxylation is 2. The molecule has 0 aliphatic carbocycles. The zero-order valence-electron chi connectivity index (χ0n) is 13.2. The van der Waals surface area contributed by atoms with Crippen molar-refractivity contribution in [2.75, 3.05) is 19.6 Å². The molecule has 1 aliphatic rings. The fraction of sp³-hybridized carbons (Fsp3) is 0.688. The predicted octanol–water partition coefficient (Wildman–Crippen LogP) is 2.18. The molecule has 118 valence electrons. The van der Waals surface area contributed by atoms with Gasteiger partial charge < -0.3 is 11.1 Å². The molecular weight excluding hydrogens is 282 g/mol. The number of nitrogens with two attached hydrogens (primary N) is 1. The minimum absolute atomic E-state index is 0.0746. The van der Waals surface area contributed by atoms with E-state index in [1.165, 1.54) is 34.6 Å². The molecule has 1 atom stereocenters. The van der Waals surface area contributed by atoms with E-state index in [1.807, 2.05) is 11.3 Å². The molecule has 0 spiro atoms. The highest BCUT2D eigenvalue weighted by molar-refractivity contribution is 7.12. The predicted molar refractivity (Wildman–Crippen MR) is 88.5 cm³/mol. The van der Waals surface area contributed by atoms with Gasteiger partial charge in [0.25, 0.3) is 0 Å². The lowest BCUT2D eigenvalue weighted by molar-refractivity contribution is -0.121. The molecule has 5 heteroatoms. The Bertz CT molecular complexity index is 472. The fourth-order valence-corrected chi connectivity index (χ4v) is 3.95. The van der Waals surface area contributed by atoms with Gasteiger partial charge in [0.05, 0.1) is 0 Å². The number of piperidine rings is 1. The fourth-order valence-electron chi connectivity index (χ4n) is 3.01. The summed E-state index contributed by atoms with van der Waals surface area (Å²) in [5.41, 5.74) is 6.86. The maximum absolute atomic E-state index is 11.6. The quantitative estimate of drug-likeness (QED) is 0.847. The van der Waals surface area contributed by atoms with E-state index in [1.54, 1.807) is 0 Å². The Morgan fingerprint density at radius 3 is 2.95 bits per heavy atom. The summed E-state index contributed by atoms with van der Waals surface area (Å²) in [4.78, 5) is 16.9. The molecule has 0 radical (unpaired) electrons. The first-order valence-electron chi connectivity index (χ1n) is 7.87. The van der Waals surface area contributed by atoms with E-state index in [0.717, 1.165) is 19.6 Å².